The maximum Gasteiger partial charge on any atom is 0.229 e. The number of anilines is 8. The molecule has 0 saturated heterocycles. The second-order valence-electron chi connectivity index (χ2n) is 19.9. The number of likely N-dealkylation sites (N-methyl/N-ethyl adjacent to an activating group) is 1. The predicted molar refractivity (Wildman–Crippen MR) is 274 cm³/mol. The van der Waals surface area contributed by atoms with Crippen LogP contribution < -0.4 is 26.6 Å². The summed E-state index contributed by atoms with van der Waals surface area (Å²) in [5, 5.41) is 28.5. The zero-order chi connectivity index (χ0) is 47.5. The van der Waals surface area contributed by atoms with Crippen LogP contribution in [0.2, 0.25) is 0 Å². The van der Waals surface area contributed by atoms with Crippen molar-refractivity contribution in [2.75, 3.05) is 28.3 Å². The summed E-state index contributed by atoms with van der Waals surface area (Å²) in [7, 11) is 6.02. The van der Waals surface area contributed by atoms with Gasteiger partial charge >= 0.3 is 0 Å². The van der Waals surface area contributed by atoms with Crippen molar-refractivity contribution in [2.45, 2.75) is 105 Å². The van der Waals surface area contributed by atoms with E-state index in [1.807, 2.05) is 26.5 Å². The van der Waals surface area contributed by atoms with E-state index in [1.54, 1.807) is 9.36 Å². The van der Waals surface area contributed by atoms with E-state index in [2.05, 4.69) is 201 Å². The Morgan fingerprint density at radius 1 is 0.582 bits per heavy atom. The van der Waals surface area contributed by atoms with Gasteiger partial charge < -0.3 is 26.6 Å². The number of para-hydroxylation sites is 2. The maximum atomic E-state index is 4.77. The summed E-state index contributed by atoms with van der Waals surface area (Å²) in [4.78, 5) is 21.2. The molecule has 2 aliphatic heterocycles. The number of aryl methyl sites for hydroxylation is 6. The molecule has 0 spiro atoms. The molecule has 5 N–H and O–H groups in total. The highest BCUT2D eigenvalue weighted by molar-refractivity contribution is 5.91. The van der Waals surface area contributed by atoms with Crippen molar-refractivity contribution in [3.05, 3.63) is 130 Å². The third-order valence-electron chi connectivity index (χ3n) is 13.7. The lowest BCUT2D eigenvalue weighted by molar-refractivity contribution is 0.0946. The Kier molecular flexibility index (Phi) is 11.8. The standard InChI is InChI=1S/C27H33N7.C26H31N7/c1-16-9-8-10-17(2)23(16)30-24-22-15-28-26(31-25(22)34(7)32-24)29-20-12-11-19-14-27(4,5)33(6)18(3)21(19)13-20;1-15-8-7-9-16(2)22(15)29-23-21-14-27-25(30-24(21)33(6)32-23)28-19-11-10-18-13-26(4,5)31-17(3)20(18)12-19/h8-13,15,18H,14H2,1-7H3,(H,30,32)(H,28,29,31);7-12,14,17,31H,13H2,1-6H3,(H,29,32)(H,27,28,30). The molecule has 0 saturated carbocycles. The SMILES string of the molecule is Cc1cccc(C)c1Nc1nn(C)c2nc(Nc3ccc4c(c3)C(C)N(C)C(C)(C)C4)ncc12.Cc1cccc(C)c1Nc1nn(C)c2nc(Nc3ccc4c(c3)C(C)NC(C)(C)C4)ncc12. The monoisotopic (exact) mass is 897 g/mol. The van der Waals surface area contributed by atoms with Crippen LogP contribution in [0.5, 0.6) is 0 Å². The van der Waals surface area contributed by atoms with E-state index in [0.717, 1.165) is 69.3 Å². The van der Waals surface area contributed by atoms with E-state index in [1.165, 1.54) is 44.5 Å². The Bertz CT molecular complexity index is 3120. The van der Waals surface area contributed by atoms with E-state index in [0.29, 0.717) is 24.0 Å². The molecule has 6 heterocycles. The van der Waals surface area contributed by atoms with Crippen LogP contribution in [-0.4, -0.2) is 62.5 Å². The Morgan fingerprint density at radius 2 is 1.03 bits per heavy atom. The van der Waals surface area contributed by atoms with Crippen LogP contribution in [0, 0.1) is 27.7 Å². The molecule has 0 aliphatic carbocycles. The van der Waals surface area contributed by atoms with Gasteiger partial charge in [0.25, 0.3) is 0 Å². The van der Waals surface area contributed by atoms with Gasteiger partial charge in [0.05, 0.1) is 10.8 Å². The fraction of sp³-hybridized carbons (Fsp3) is 0.358. The van der Waals surface area contributed by atoms with Gasteiger partial charge in [-0.2, -0.15) is 20.2 Å². The number of nitrogens with zero attached hydrogens (tertiary/aromatic N) is 9. The molecule has 0 radical (unpaired) electrons. The molecule has 0 fully saturated rings. The minimum absolute atomic E-state index is 0.109. The number of rotatable bonds is 8. The Balaban J connectivity index is 0.000000168. The summed E-state index contributed by atoms with van der Waals surface area (Å²) in [6.07, 6.45) is 5.72. The minimum Gasteiger partial charge on any atom is -0.338 e. The molecule has 2 unspecified atom stereocenters. The number of fused-ring (bicyclic) bond motifs is 4. The van der Waals surface area contributed by atoms with Gasteiger partial charge in [0.2, 0.25) is 11.9 Å². The second-order valence-corrected chi connectivity index (χ2v) is 19.9. The molecule has 8 aromatic rings. The largest absolute Gasteiger partial charge is 0.338 e. The number of hydrogen-bond acceptors (Lipinski definition) is 12. The van der Waals surface area contributed by atoms with E-state index >= 15 is 0 Å². The summed E-state index contributed by atoms with van der Waals surface area (Å²) >= 11 is 0. The maximum absolute atomic E-state index is 4.77. The first-order valence-corrected chi connectivity index (χ1v) is 23.2. The van der Waals surface area contributed by atoms with Gasteiger partial charge in [-0.1, -0.05) is 48.5 Å². The molecule has 346 valence electrons. The smallest absolute Gasteiger partial charge is 0.229 e. The fourth-order valence-corrected chi connectivity index (χ4v) is 9.87. The van der Waals surface area contributed by atoms with Crippen molar-refractivity contribution in [3.63, 3.8) is 0 Å². The predicted octanol–water partition coefficient (Wildman–Crippen LogP) is 11.2. The van der Waals surface area contributed by atoms with Gasteiger partial charge in [-0.15, -0.1) is 0 Å². The molecule has 14 heteroatoms. The van der Waals surface area contributed by atoms with Crippen molar-refractivity contribution in [1.29, 1.82) is 0 Å². The summed E-state index contributed by atoms with van der Waals surface area (Å²) < 4.78 is 3.59. The lowest BCUT2D eigenvalue weighted by Crippen LogP contribution is -2.47. The van der Waals surface area contributed by atoms with Crippen molar-refractivity contribution in [1.82, 2.24) is 49.7 Å². The molecular weight excluding hydrogens is 833 g/mol. The molecule has 67 heavy (non-hydrogen) atoms. The average Bonchev–Trinajstić information content (AvgIpc) is 3.76. The Hall–Kier alpha value is -6.90. The number of aromatic nitrogens is 8. The highest BCUT2D eigenvalue weighted by atomic mass is 15.3. The van der Waals surface area contributed by atoms with Gasteiger partial charge in [-0.3, -0.25) is 4.90 Å². The third kappa shape index (κ3) is 9.03. The molecule has 14 nitrogen and oxygen atoms in total. The molecule has 2 atom stereocenters. The zero-order valence-electron chi connectivity index (χ0n) is 41.2. The van der Waals surface area contributed by atoms with Gasteiger partial charge in [-0.25, -0.2) is 19.3 Å². The van der Waals surface area contributed by atoms with Crippen molar-refractivity contribution in [3.8, 4) is 0 Å². The van der Waals surface area contributed by atoms with Crippen LogP contribution in [0.25, 0.3) is 22.1 Å². The summed E-state index contributed by atoms with van der Waals surface area (Å²) in [5.41, 5.74) is 16.1. The number of hydrogen-bond donors (Lipinski definition) is 5. The van der Waals surface area contributed by atoms with Crippen LogP contribution in [0.1, 0.15) is 98.1 Å². The van der Waals surface area contributed by atoms with E-state index in [-0.39, 0.29) is 11.1 Å². The lowest BCUT2D eigenvalue weighted by Gasteiger charge is -2.45. The summed E-state index contributed by atoms with van der Waals surface area (Å²) in [5.74, 6) is 2.63. The quantitative estimate of drug-likeness (QED) is 0.0988. The normalized spacial score (nSPS) is 17.3. The first-order valence-electron chi connectivity index (χ1n) is 23.2. The van der Waals surface area contributed by atoms with Crippen LogP contribution in [0.15, 0.2) is 85.2 Å². The number of benzene rings is 4. The van der Waals surface area contributed by atoms with Crippen LogP contribution in [-0.2, 0) is 26.9 Å². The van der Waals surface area contributed by atoms with Crippen LogP contribution >= 0.6 is 0 Å². The fourth-order valence-electron chi connectivity index (χ4n) is 9.87. The molecule has 4 aromatic carbocycles. The van der Waals surface area contributed by atoms with Crippen molar-refractivity contribution >= 4 is 68.3 Å². The van der Waals surface area contributed by atoms with Crippen molar-refractivity contribution in [2.24, 2.45) is 14.1 Å². The molecule has 4 aromatic heterocycles. The van der Waals surface area contributed by atoms with E-state index in [4.69, 9.17) is 9.97 Å². The third-order valence-corrected chi connectivity index (χ3v) is 13.7. The van der Waals surface area contributed by atoms with Crippen LogP contribution in [0.4, 0.5) is 46.3 Å². The van der Waals surface area contributed by atoms with E-state index < -0.39 is 0 Å². The molecule has 0 bridgehead atoms. The summed E-state index contributed by atoms with van der Waals surface area (Å²) in [6.45, 7) is 22.0. The van der Waals surface area contributed by atoms with Gasteiger partial charge in [0, 0.05) is 72.4 Å². The molecule has 2 aliphatic rings. The topological polar surface area (TPSA) is 151 Å². The first kappa shape index (κ1) is 45.3. The summed E-state index contributed by atoms with van der Waals surface area (Å²) in [6, 6.07) is 26.3. The molecule has 10 rings (SSSR count). The highest BCUT2D eigenvalue weighted by Gasteiger charge is 2.35. The van der Waals surface area contributed by atoms with E-state index in [9.17, 15) is 0 Å². The second kappa shape index (κ2) is 17.4. The highest BCUT2D eigenvalue weighted by Crippen LogP contribution is 2.39. The Labute approximate surface area is 394 Å². The first-order chi connectivity index (χ1) is 31.8. The lowest BCUT2D eigenvalue weighted by atomic mass is 9.82. The average molecular weight is 897 g/mol. The number of nitrogens with one attached hydrogen (secondary N) is 5. The minimum atomic E-state index is 0.109. The molecular formula is C53H64N14. The van der Waals surface area contributed by atoms with Gasteiger partial charge in [0.15, 0.2) is 22.9 Å². The zero-order valence-corrected chi connectivity index (χ0v) is 41.2. The molecule has 0 amide bonds. The van der Waals surface area contributed by atoms with Gasteiger partial charge in [0.1, 0.15) is 0 Å². The Morgan fingerprint density at radius 3 is 1.51 bits per heavy atom. The van der Waals surface area contributed by atoms with Gasteiger partial charge in [-0.05, 0) is 158 Å². The van der Waals surface area contributed by atoms with Crippen LogP contribution in [0.3, 0.4) is 0 Å². The van der Waals surface area contributed by atoms with Crippen molar-refractivity contribution < 1.29 is 0 Å².